The van der Waals surface area contributed by atoms with Crippen LogP contribution < -0.4 is 5.32 Å². The lowest BCUT2D eigenvalue weighted by atomic mass is 9.84. The van der Waals surface area contributed by atoms with Crippen molar-refractivity contribution in [2.75, 3.05) is 0 Å². The Bertz CT molecular complexity index is 891. The molecule has 3 rings (SSSR count). The van der Waals surface area contributed by atoms with E-state index in [0.29, 0.717) is 12.8 Å². The highest BCUT2D eigenvalue weighted by atomic mass is 16.5. The van der Waals surface area contributed by atoms with Crippen molar-refractivity contribution in [3.8, 4) is 12.0 Å². The molecule has 1 aliphatic heterocycles. The minimum atomic E-state index is -0.670. The first kappa shape index (κ1) is 24.8. The van der Waals surface area contributed by atoms with E-state index in [1.807, 2.05) is 37.3 Å². The van der Waals surface area contributed by atoms with Gasteiger partial charge in [0.25, 0.3) is 0 Å². The standard InChI is InChI=1S/C26H34N2O5/c1-3-9-21(24(30)14-15-29)27-18(2)25(31)28-22-13-8-7-12-20(22)16-23(28)26(32)33-17-19-10-5-4-6-11-19/h4-6,10-11,18,20-23,27,29H,3,7-9,12-13,16-17H2,1-2H3/t18-,20-,21-,22-,23-/m0/s1. The Morgan fingerprint density at radius 3 is 2.64 bits per heavy atom. The highest BCUT2D eigenvalue weighted by Crippen LogP contribution is 2.40. The van der Waals surface area contributed by atoms with Crippen molar-refractivity contribution < 1.29 is 24.2 Å². The minimum Gasteiger partial charge on any atom is -0.462 e. The highest BCUT2D eigenvalue weighted by Gasteiger charge is 2.49. The van der Waals surface area contributed by atoms with Gasteiger partial charge in [-0.25, -0.2) is 4.79 Å². The molecule has 7 heteroatoms. The van der Waals surface area contributed by atoms with Gasteiger partial charge in [-0.15, -0.1) is 0 Å². The van der Waals surface area contributed by atoms with Crippen LogP contribution in [0.4, 0.5) is 0 Å². The second-order valence-corrected chi connectivity index (χ2v) is 9.03. The fraction of sp³-hybridized carbons (Fsp3) is 0.577. The van der Waals surface area contributed by atoms with Gasteiger partial charge in [-0.1, -0.05) is 56.5 Å². The number of hydrogen-bond donors (Lipinski definition) is 2. The fourth-order valence-electron chi connectivity index (χ4n) is 5.13. The van der Waals surface area contributed by atoms with Crippen molar-refractivity contribution in [1.29, 1.82) is 0 Å². The topological polar surface area (TPSA) is 95.9 Å². The lowest BCUT2D eigenvalue weighted by Crippen LogP contribution is -2.55. The Kier molecular flexibility index (Phi) is 8.90. The van der Waals surface area contributed by atoms with E-state index < -0.39 is 23.9 Å². The molecule has 1 saturated heterocycles. The summed E-state index contributed by atoms with van der Waals surface area (Å²) in [6, 6.07) is 7.58. The summed E-state index contributed by atoms with van der Waals surface area (Å²) in [5.74, 6) is 1.42. The first-order chi connectivity index (χ1) is 16.0. The molecule has 178 valence electrons. The van der Waals surface area contributed by atoms with Gasteiger partial charge in [0.05, 0.1) is 12.1 Å². The lowest BCUT2D eigenvalue weighted by molar-refractivity contribution is -0.156. The van der Waals surface area contributed by atoms with Gasteiger partial charge in [0, 0.05) is 12.0 Å². The van der Waals surface area contributed by atoms with E-state index in [2.05, 4.69) is 11.2 Å². The molecule has 0 aromatic heterocycles. The third-order valence-electron chi connectivity index (χ3n) is 6.73. The molecule has 7 nitrogen and oxygen atoms in total. The van der Waals surface area contributed by atoms with Crippen LogP contribution in [0.1, 0.15) is 64.4 Å². The maximum absolute atomic E-state index is 13.6. The number of benzene rings is 1. The Labute approximate surface area is 195 Å². The largest absolute Gasteiger partial charge is 0.462 e. The zero-order valence-electron chi connectivity index (χ0n) is 19.5. The number of nitrogens with one attached hydrogen (secondary N) is 1. The van der Waals surface area contributed by atoms with Gasteiger partial charge < -0.3 is 14.7 Å². The quantitative estimate of drug-likeness (QED) is 0.440. The second kappa shape index (κ2) is 11.9. The molecule has 2 fully saturated rings. The van der Waals surface area contributed by atoms with Gasteiger partial charge in [-0.05, 0) is 44.1 Å². The van der Waals surface area contributed by atoms with Gasteiger partial charge in [0.1, 0.15) is 18.8 Å². The molecule has 1 saturated carbocycles. The van der Waals surface area contributed by atoms with Crippen molar-refractivity contribution in [2.24, 2.45) is 5.92 Å². The van der Waals surface area contributed by atoms with E-state index >= 15 is 0 Å². The van der Waals surface area contributed by atoms with E-state index in [1.54, 1.807) is 17.9 Å². The van der Waals surface area contributed by atoms with Crippen molar-refractivity contribution in [2.45, 2.75) is 89.6 Å². The number of fused-ring (bicyclic) bond motifs is 1. The van der Waals surface area contributed by atoms with E-state index in [1.165, 1.54) is 0 Å². The normalized spacial score (nSPS) is 23.6. The number of aliphatic hydroxyl groups is 1. The molecule has 1 aromatic carbocycles. The molecule has 0 unspecified atom stereocenters. The minimum absolute atomic E-state index is 0.0161. The third-order valence-corrected chi connectivity index (χ3v) is 6.73. The molecule has 1 heterocycles. The molecule has 1 aliphatic carbocycles. The number of ketones is 1. The molecule has 5 atom stereocenters. The van der Waals surface area contributed by atoms with Crippen LogP contribution >= 0.6 is 0 Å². The SMILES string of the molecule is CCC[C@H](N[C@@H](C)C(=O)N1[C@H](C(=O)OCc2ccccc2)C[C@@H]2CCCC[C@@H]21)C(=O)C#CO. The molecule has 0 spiro atoms. The summed E-state index contributed by atoms with van der Waals surface area (Å²) in [4.78, 5) is 40.6. The molecule has 2 aliphatic rings. The monoisotopic (exact) mass is 454 g/mol. The summed E-state index contributed by atoms with van der Waals surface area (Å²) in [6.45, 7) is 3.83. The maximum Gasteiger partial charge on any atom is 0.329 e. The van der Waals surface area contributed by atoms with E-state index in [9.17, 15) is 14.4 Å². The van der Waals surface area contributed by atoms with Crippen molar-refractivity contribution >= 4 is 17.7 Å². The third kappa shape index (κ3) is 6.14. The molecular weight excluding hydrogens is 420 g/mol. The average Bonchev–Trinajstić information content (AvgIpc) is 3.22. The summed E-state index contributed by atoms with van der Waals surface area (Å²) in [6.07, 6.45) is 7.50. The number of Topliss-reactive ketones (excluding diaryl/α,β-unsaturated/α-hetero) is 1. The van der Waals surface area contributed by atoms with Gasteiger partial charge in [0.15, 0.2) is 0 Å². The summed E-state index contributed by atoms with van der Waals surface area (Å²) < 4.78 is 5.61. The first-order valence-corrected chi connectivity index (χ1v) is 11.9. The van der Waals surface area contributed by atoms with E-state index in [4.69, 9.17) is 9.84 Å². The summed E-state index contributed by atoms with van der Waals surface area (Å²) in [5.41, 5.74) is 0.903. The molecule has 33 heavy (non-hydrogen) atoms. The van der Waals surface area contributed by atoms with Crippen molar-refractivity contribution in [1.82, 2.24) is 10.2 Å². The summed E-state index contributed by atoms with van der Waals surface area (Å²) in [7, 11) is 0. The number of likely N-dealkylation sites (tertiary alicyclic amines) is 1. The Hall–Kier alpha value is -2.85. The molecule has 0 radical (unpaired) electrons. The van der Waals surface area contributed by atoms with E-state index in [-0.39, 0.29) is 30.4 Å². The number of esters is 1. The number of aliphatic hydroxyl groups excluding tert-OH is 1. The van der Waals surface area contributed by atoms with Gasteiger partial charge >= 0.3 is 5.97 Å². The van der Waals surface area contributed by atoms with Gasteiger partial charge in [-0.2, -0.15) is 0 Å². The Morgan fingerprint density at radius 2 is 1.94 bits per heavy atom. The second-order valence-electron chi connectivity index (χ2n) is 9.03. The molecule has 0 bridgehead atoms. The first-order valence-electron chi connectivity index (χ1n) is 11.9. The number of hydrogen-bond acceptors (Lipinski definition) is 6. The van der Waals surface area contributed by atoms with Gasteiger partial charge in [0.2, 0.25) is 11.7 Å². The fourth-order valence-corrected chi connectivity index (χ4v) is 5.13. The van der Waals surface area contributed by atoms with Crippen molar-refractivity contribution in [3.63, 3.8) is 0 Å². The van der Waals surface area contributed by atoms with Crippen LogP contribution in [0.5, 0.6) is 0 Å². The lowest BCUT2D eigenvalue weighted by Gasteiger charge is -2.35. The highest BCUT2D eigenvalue weighted by molar-refractivity contribution is 6.00. The van der Waals surface area contributed by atoms with Crippen LogP contribution in [-0.4, -0.2) is 51.8 Å². The van der Waals surface area contributed by atoms with Gasteiger partial charge in [-0.3, -0.25) is 14.9 Å². The predicted octanol–water partition coefficient (Wildman–Crippen LogP) is 2.94. The van der Waals surface area contributed by atoms with Crippen LogP contribution in [0.3, 0.4) is 0 Å². The van der Waals surface area contributed by atoms with Crippen LogP contribution in [0.15, 0.2) is 30.3 Å². The van der Waals surface area contributed by atoms with Crippen molar-refractivity contribution in [3.05, 3.63) is 35.9 Å². The van der Waals surface area contributed by atoms with Crippen LogP contribution in [0, 0.1) is 17.9 Å². The number of carbonyl (C=O) groups is 3. The Morgan fingerprint density at radius 1 is 1.21 bits per heavy atom. The Balaban J connectivity index is 1.73. The average molecular weight is 455 g/mol. The molecule has 1 aromatic rings. The summed E-state index contributed by atoms with van der Waals surface area (Å²) in [5, 5.41) is 11.9. The molecule has 1 amide bonds. The number of carbonyl (C=O) groups excluding carboxylic acids is 3. The molecule has 2 N–H and O–H groups in total. The predicted molar refractivity (Wildman–Crippen MR) is 123 cm³/mol. The zero-order chi connectivity index (χ0) is 23.8. The molecular formula is C26H34N2O5. The van der Waals surface area contributed by atoms with Crippen LogP contribution in [-0.2, 0) is 25.7 Å². The smallest absolute Gasteiger partial charge is 0.329 e. The van der Waals surface area contributed by atoms with Crippen LogP contribution in [0.2, 0.25) is 0 Å². The number of rotatable bonds is 9. The maximum atomic E-state index is 13.6. The number of amides is 1. The number of ether oxygens (including phenoxy) is 1. The number of nitrogens with zero attached hydrogens (tertiary/aromatic N) is 1. The van der Waals surface area contributed by atoms with Crippen LogP contribution in [0.25, 0.3) is 0 Å². The summed E-state index contributed by atoms with van der Waals surface area (Å²) >= 11 is 0. The zero-order valence-corrected chi connectivity index (χ0v) is 19.5. The van der Waals surface area contributed by atoms with E-state index in [0.717, 1.165) is 37.7 Å².